The maximum atomic E-state index is 12.6. The number of nitriles is 1. The fourth-order valence-corrected chi connectivity index (χ4v) is 3.41. The van der Waals surface area contributed by atoms with E-state index in [0.29, 0.717) is 23.3 Å². The average molecular weight is 440 g/mol. The second kappa shape index (κ2) is 8.14. The third-order valence-electron chi connectivity index (χ3n) is 4.82. The summed E-state index contributed by atoms with van der Waals surface area (Å²) in [5.41, 5.74) is 2.59. The Kier molecular flexibility index (Phi) is 5.36. The fourth-order valence-electron chi connectivity index (χ4n) is 3.41. The highest BCUT2D eigenvalue weighted by Gasteiger charge is 2.41. The molecule has 11 heteroatoms. The van der Waals surface area contributed by atoms with Gasteiger partial charge in [0.2, 0.25) is 0 Å². The Labute approximate surface area is 179 Å². The van der Waals surface area contributed by atoms with Gasteiger partial charge in [0.25, 0.3) is 0 Å². The molecule has 3 aromatic heterocycles. The molecule has 8 nitrogen and oxygen atoms in total. The highest BCUT2D eigenvalue weighted by atomic mass is 19.4. The summed E-state index contributed by atoms with van der Waals surface area (Å²) in [6, 6.07) is 7.20. The normalized spacial score (nSPS) is 12.5. The van der Waals surface area contributed by atoms with E-state index in [0.717, 1.165) is 17.0 Å². The van der Waals surface area contributed by atoms with Gasteiger partial charge in [-0.1, -0.05) is 6.92 Å². The number of carbonyl (C=O) groups excluding carboxylic acids is 1. The fraction of sp³-hybridized carbons (Fsp3) is 0.190. The van der Waals surface area contributed by atoms with Gasteiger partial charge in [0.15, 0.2) is 0 Å². The Morgan fingerprint density at radius 1 is 1.31 bits per heavy atom. The van der Waals surface area contributed by atoms with Crippen molar-refractivity contribution in [3.8, 4) is 23.1 Å². The van der Waals surface area contributed by atoms with Crippen molar-refractivity contribution in [2.45, 2.75) is 25.6 Å². The molecule has 1 unspecified atom stereocenters. The van der Waals surface area contributed by atoms with Crippen LogP contribution in [0.5, 0.6) is 5.75 Å². The predicted octanol–water partition coefficient (Wildman–Crippen LogP) is 4.16. The second-order valence-corrected chi connectivity index (χ2v) is 6.89. The molecule has 1 N–H and O–H groups in total. The van der Waals surface area contributed by atoms with Crippen LogP contribution < -0.4 is 4.74 Å². The minimum Gasteiger partial charge on any atom is -0.420 e. The van der Waals surface area contributed by atoms with Crippen molar-refractivity contribution < 1.29 is 22.7 Å². The van der Waals surface area contributed by atoms with Gasteiger partial charge in [-0.05, 0) is 36.2 Å². The summed E-state index contributed by atoms with van der Waals surface area (Å²) >= 11 is 0. The molecule has 162 valence electrons. The number of rotatable bonds is 5. The summed E-state index contributed by atoms with van der Waals surface area (Å²) < 4.78 is 43.8. The SMILES string of the molecule is CCC(c1cc(C#N)cc(OC(=O)C(F)(F)F)c1)n1cc(-c2ncnc3[nH]ccc23)cn1. The first-order valence-corrected chi connectivity index (χ1v) is 9.47. The molecule has 4 aromatic rings. The number of aromatic nitrogens is 5. The van der Waals surface area contributed by atoms with E-state index in [-0.39, 0.29) is 11.3 Å². The molecule has 0 spiro atoms. The molecule has 0 fully saturated rings. The third kappa shape index (κ3) is 4.02. The molecule has 0 amide bonds. The number of nitrogens with zero attached hydrogens (tertiary/aromatic N) is 5. The van der Waals surface area contributed by atoms with Crippen LogP contribution in [0.3, 0.4) is 0 Å². The molecule has 3 heterocycles. The average Bonchev–Trinajstić information content (AvgIpc) is 3.43. The molecular formula is C21H15F3N6O2. The molecule has 0 saturated carbocycles. The molecule has 32 heavy (non-hydrogen) atoms. The van der Waals surface area contributed by atoms with E-state index in [2.05, 4.69) is 24.8 Å². The smallest absolute Gasteiger partial charge is 0.420 e. The van der Waals surface area contributed by atoms with Crippen LogP contribution in [0.4, 0.5) is 13.2 Å². The van der Waals surface area contributed by atoms with Crippen LogP contribution in [0.1, 0.15) is 30.5 Å². The van der Waals surface area contributed by atoms with Crippen molar-refractivity contribution >= 4 is 17.0 Å². The van der Waals surface area contributed by atoms with E-state index < -0.39 is 18.2 Å². The number of aromatic amines is 1. The van der Waals surface area contributed by atoms with Crippen LogP contribution in [0.25, 0.3) is 22.3 Å². The number of halogens is 3. The van der Waals surface area contributed by atoms with Crippen molar-refractivity contribution in [2.24, 2.45) is 0 Å². The monoisotopic (exact) mass is 440 g/mol. The number of esters is 1. The number of ether oxygens (including phenoxy) is 1. The van der Waals surface area contributed by atoms with Gasteiger partial charge in [-0.3, -0.25) is 4.68 Å². The lowest BCUT2D eigenvalue weighted by Gasteiger charge is -2.18. The third-order valence-corrected chi connectivity index (χ3v) is 4.82. The Bertz CT molecular complexity index is 1340. The second-order valence-electron chi connectivity index (χ2n) is 6.89. The zero-order chi connectivity index (χ0) is 22.9. The number of carbonyl (C=O) groups is 1. The van der Waals surface area contributed by atoms with Crippen LogP contribution >= 0.6 is 0 Å². The molecule has 0 aliphatic rings. The highest BCUT2D eigenvalue weighted by Crippen LogP contribution is 2.30. The molecule has 4 rings (SSSR count). The van der Waals surface area contributed by atoms with Gasteiger partial charge >= 0.3 is 12.1 Å². The Morgan fingerprint density at radius 2 is 2.12 bits per heavy atom. The minimum atomic E-state index is -5.15. The van der Waals surface area contributed by atoms with E-state index in [1.165, 1.54) is 18.5 Å². The van der Waals surface area contributed by atoms with E-state index in [4.69, 9.17) is 0 Å². The maximum Gasteiger partial charge on any atom is 0.491 e. The van der Waals surface area contributed by atoms with Crippen molar-refractivity contribution in [3.63, 3.8) is 0 Å². The molecule has 1 aromatic carbocycles. The van der Waals surface area contributed by atoms with Crippen LogP contribution in [-0.2, 0) is 4.79 Å². The highest BCUT2D eigenvalue weighted by molar-refractivity contribution is 5.90. The van der Waals surface area contributed by atoms with E-state index in [1.54, 1.807) is 23.3 Å². The lowest BCUT2D eigenvalue weighted by molar-refractivity contribution is -0.189. The van der Waals surface area contributed by atoms with E-state index in [9.17, 15) is 23.2 Å². The van der Waals surface area contributed by atoms with Crippen molar-refractivity contribution in [2.75, 3.05) is 0 Å². The Morgan fingerprint density at radius 3 is 2.84 bits per heavy atom. The summed E-state index contributed by atoms with van der Waals surface area (Å²) in [7, 11) is 0. The van der Waals surface area contributed by atoms with Crippen LogP contribution in [-0.4, -0.2) is 36.9 Å². The van der Waals surface area contributed by atoms with Crippen molar-refractivity contribution in [3.05, 3.63) is 60.3 Å². The number of benzene rings is 1. The molecule has 0 radical (unpaired) electrons. The van der Waals surface area contributed by atoms with Crippen LogP contribution in [0, 0.1) is 11.3 Å². The lowest BCUT2D eigenvalue weighted by Crippen LogP contribution is -2.28. The van der Waals surface area contributed by atoms with Gasteiger partial charge in [0.05, 0.1) is 29.6 Å². The molecule has 0 bridgehead atoms. The first kappa shape index (κ1) is 21.0. The predicted molar refractivity (Wildman–Crippen MR) is 106 cm³/mol. The van der Waals surface area contributed by atoms with E-state index in [1.807, 2.05) is 19.1 Å². The maximum absolute atomic E-state index is 12.6. The van der Waals surface area contributed by atoms with Crippen LogP contribution in [0.15, 0.2) is 49.2 Å². The van der Waals surface area contributed by atoms with E-state index >= 15 is 0 Å². The van der Waals surface area contributed by atoms with Gasteiger partial charge in [-0.2, -0.15) is 23.5 Å². The van der Waals surface area contributed by atoms with Crippen LogP contribution in [0.2, 0.25) is 0 Å². The summed E-state index contributed by atoms with van der Waals surface area (Å²) in [6.07, 6.45) is 1.91. The number of hydrogen-bond acceptors (Lipinski definition) is 6. The minimum absolute atomic E-state index is 0.0585. The lowest BCUT2D eigenvalue weighted by atomic mass is 10.0. The number of nitrogens with one attached hydrogen (secondary N) is 1. The topological polar surface area (TPSA) is 109 Å². The van der Waals surface area contributed by atoms with Gasteiger partial charge in [0.1, 0.15) is 17.7 Å². The zero-order valence-corrected chi connectivity index (χ0v) is 16.6. The number of hydrogen-bond donors (Lipinski definition) is 1. The van der Waals surface area contributed by atoms with Gasteiger partial charge in [0, 0.05) is 23.3 Å². The summed E-state index contributed by atoms with van der Waals surface area (Å²) in [5, 5.41) is 14.5. The van der Waals surface area contributed by atoms with Crippen molar-refractivity contribution in [1.82, 2.24) is 24.7 Å². The first-order valence-electron chi connectivity index (χ1n) is 9.47. The molecular weight excluding hydrogens is 425 g/mol. The molecule has 0 aliphatic heterocycles. The number of fused-ring (bicyclic) bond motifs is 1. The molecule has 0 aliphatic carbocycles. The van der Waals surface area contributed by atoms with Gasteiger partial charge in [-0.15, -0.1) is 0 Å². The summed E-state index contributed by atoms with van der Waals surface area (Å²) in [6.45, 7) is 1.86. The molecule has 1 atom stereocenters. The standard InChI is InChI=1S/C21H15F3N6O2/c1-2-17(13-5-12(8-25)6-15(7-13)32-20(31)21(22,23)24)30-10-14(9-29-30)18-16-3-4-26-19(16)28-11-27-18/h3-7,9-11,17H,2H2,1H3,(H,26,27,28). The summed E-state index contributed by atoms with van der Waals surface area (Å²) in [4.78, 5) is 22.7. The van der Waals surface area contributed by atoms with Crippen molar-refractivity contribution in [1.29, 1.82) is 5.26 Å². The molecule has 0 saturated heterocycles. The first-order chi connectivity index (χ1) is 15.3. The number of H-pyrrole nitrogens is 1. The quantitative estimate of drug-likeness (QED) is 0.369. The Hall–Kier alpha value is -4.20. The zero-order valence-electron chi connectivity index (χ0n) is 16.6. The summed E-state index contributed by atoms with van der Waals surface area (Å²) in [5.74, 6) is -2.72. The number of alkyl halides is 3. The van der Waals surface area contributed by atoms with Gasteiger partial charge in [-0.25, -0.2) is 14.8 Å². The van der Waals surface area contributed by atoms with Gasteiger partial charge < -0.3 is 9.72 Å². The Balaban J connectivity index is 1.70. The largest absolute Gasteiger partial charge is 0.491 e.